The van der Waals surface area contributed by atoms with Gasteiger partial charge in [0.1, 0.15) is 0 Å². The number of hydrogen-bond donors (Lipinski definition) is 1. The zero-order valence-electron chi connectivity index (χ0n) is 15.8. The minimum atomic E-state index is -0.338. The van der Waals surface area contributed by atoms with Crippen LogP contribution < -0.4 is 0 Å². The SMILES string of the molecule is COC(=O)[C@]1(C)CCC[C@@]2(C)C3CC[C@@H]4C[C@@]3(CCC21)[C@@H](O)[C@@H]4C. The van der Waals surface area contributed by atoms with Crippen molar-refractivity contribution in [3.05, 3.63) is 0 Å². The molecular formula is C21H34O3. The first kappa shape index (κ1) is 16.9. The summed E-state index contributed by atoms with van der Waals surface area (Å²) in [5.41, 5.74) is -0.0349. The third-order valence-corrected chi connectivity index (χ3v) is 9.32. The van der Waals surface area contributed by atoms with E-state index >= 15 is 0 Å². The van der Waals surface area contributed by atoms with E-state index in [2.05, 4.69) is 20.8 Å². The molecule has 0 aliphatic heterocycles. The Hall–Kier alpha value is -0.570. The van der Waals surface area contributed by atoms with E-state index in [9.17, 15) is 9.90 Å². The number of methoxy groups -OCH3 is 1. The largest absolute Gasteiger partial charge is 0.469 e. The quantitative estimate of drug-likeness (QED) is 0.732. The highest BCUT2D eigenvalue weighted by atomic mass is 16.5. The molecule has 3 nitrogen and oxygen atoms in total. The number of carbonyl (C=O) groups is 1. The maximum atomic E-state index is 12.6. The summed E-state index contributed by atoms with van der Waals surface area (Å²) < 4.78 is 5.23. The zero-order chi connectivity index (χ0) is 17.3. The number of carbonyl (C=O) groups excluding carboxylic acids is 1. The molecule has 4 aliphatic carbocycles. The van der Waals surface area contributed by atoms with Gasteiger partial charge in [-0.2, -0.15) is 0 Å². The third kappa shape index (κ3) is 1.86. The van der Waals surface area contributed by atoms with Gasteiger partial charge in [0.2, 0.25) is 0 Å². The Bertz CT molecular complexity index is 545. The summed E-state index contributed by atoms with van der Waals surface area (Å²) in [7, 11) is 1.54. The maximum Gasteiger partial charge on any atom is 0.311 e. The van der Waals surface area contributed by atoms with Crippen molar-refractivity contribution in [3.63, 3.8) is 0 Å². The summed E-state index contributed by atoms with van der Waals surface area (Å²) in [6.07, 6.45) is 9.06. The molecule has 1 spiro atoms. The van der Waals surface area contributed by atoms with Gasteiger partial charge in [-0.25, -0.2) is 0 Å². The van der Waals surface area contributed by atoms with E-state index in [0.29, 0.717) is 23.7 Å². The van der Waals surface area contributed by atoms with Crippen molar-refractivity contribution in [2.24, 2.45) is 39.9 Å². The molecule has 4 fully saturated rings. The van der Waals surface area contributed by atoms with E-state index in [1.54, 1.807) is 0 Å². The van der Waals surface area contributed by atoms with Gasteiger partial charge in [0.15, 0.2) is 0 Å². The van der Waals surface area contributed by atoms with Crippen LogP contribution in [0.5, 0.6) is 0 Å². The average molecular weight is 334 g/mol. The van der Waals surface area contributed by atoms with E-state index in [1.807, 2.05) is 0 Å². The standard InChI is InChI=1S/C21H34O3/c1-13-14-6-7-16-19(2)9-5-10-20(3,18(23)24-4)15(19)8-11-21(16,12-14)17(13)22/h13-17,22H,5-12H2,1-4H3/t13-,14-,15?,16?,17+,19-,20-,21-/m1/s1. The molecule has 4 aliphatic rings. The van der Waals surface area contributed by atoms with Gasteiger partial charge in [-0.15, -0.1) is 0 Å². The highest BCUT2D eigenvalue weighted by molar-refractivity contribution is 5.77. The first-order valence-corrected chi connectivity index (χ1v) is 10.1. The summed E-state index contributed by atoms with van der Waals surface area (Å²) in [4.78, 5) is 12.6. The molecule has 0 aromatic heterocycles. The van der Waals surface area contributed by atoms with Gasteiger partial charge in [-0.3, -0.25) is 4.79 Å². The minimum absolute atomic E-state index is 0.0107. The summed E-state index contributed by atoms with van der Waals surface area (Å²) in [6.45, 7) is 6.86. The van der Waals surface area contributed by atoms with E-state index in [0.717, 1.165) is 25.7 Å². The molecule has 3 heteroatoms. The third-order valence-electron chi connectivity index (χ3n) is 9.32. The van der Waals surface area contributed by atoms with Crippen LogP contribution in [-0.4, -0.2) is 24.3 Å². The molecule has 0 saturated heterocycles. The van der Waals surface area contributed by atoms with Crippen molar-refractivity contribution in [1.29, 1.82) is 0 Å². The lowest BCUT2D eigenvalue weighted by atomic mass is 9.40. The molecule has 1 N–H and O–H groups in total. The van der Waals surface area contributed by atoms with E-state index in [1.165, 1.54) is 32.8 Å². The fourth-order valence-electron chi connectivity index (χ4n) is 8.24. The predicted molar refractivity (Wildman–Crippen MR) is 93.2 cm³/mol. The summed E-state index contributed by atoms with van der Waals surface area (Å²) in [5.74, 6) is 2.13. The van der Waals surface area contributed by atoms with Crippen LogP contribution in [0.25, 0.3) is 0 Å². The second-order valence-corrected chi connectivity index (χ2v) is 9.99. The molecule has 8 atom stereocenters. The maximum absolute atomic E-state index is 12.6. The highest BCUT2D eigenvalue weighted by Gasteiger charge is 2.68. The van der Waals surface area contributed by atoms with Gasteiger partial charge in [0, 0.05) is 5.41 Å². The van der Waals surface area contributed by atoms with Crippen molar-refractivity contribution in [3.8, 4) is 0 Å². The molecule has 24 heavy (non-hydrogen) atoms. The van der Waals surface area contributed by atoms with Gasteiger partial charge in [0.25, 0.3) is 0 Å². The number of aliphatic hydroxyl groups is 1. The average Bonchev–Trinajstić information content (AvgIpc) is 2.74. The summed E-state index contributed by atoms with van der Waals surface area (Å²) >= 11 is 0. The van der Waals surface area contributed by atoms with Gasteiger partial charge in [0.05, 0.1) is 18.6 Å². The molecule has 0 aromatic rings. The number of ether oxygens (including phenoxy) is 1. The minimum Gasteiger partial charge on any atom is -0.469 e. The first-order valence-electron chi connectivity index (χ1n) is 10.1. The van der Waals surface area contributed by atoms with Crippen molar-refractivity contribution < 1.29 is 14.6 Å². The van der Waals surface area contributed by atoms with Gasteiger partial charge < -0.3 is 9.84 Å². The molecule has 0 radical (unpaired) electrons. The Morgan fingerprint density at radius 3 is 2.54 bits per heavy atom. The Kier molecular flexibility index (Phi) is 3.67. The summed E-state index contributed by atoms with van der Waals surface area (Å²) in [6, 6.07) is 0. The Labute approximate surface area is 146 Å². The van der Waals surface area contributed by atoms with Crippen LogP contribution in [-0.2, 0) is 9.53 Å². The fourth-order valence-corrected chi connectivity index (χ4v) is 8.24. The lowest BCUT2D eigenvalue weighted by Crippen LogP contribution is -2.60. The lowest BCUT2D eigenvalue weighted by Gasteiger charge is -2.64. The van der Waals surface area contributed by atoms with Gasteiger partial charge in [-0.1, -0.05) is 20.3 Å². The van der Waals surface area contributed by atoms with Crippen molar-refractivity contribution in [2.75, 3.05) is 7.11 Å². The van der Waals surface area contributed by atoms with Crippen LogP contribution in [0.15, 0.2) is 0 Å². The molecule has 0 amide bonds. The van der Waals surface area contributed by atoms with Crippen LogP contribution in [0.3, 0.4) is 0 Å². The van der Waals surface area contributed by atoms with Gasteiger partial charge in [-0.05, 0) is 81.0 Å². The van der Waals surface area contributed by atoms with E-state index < -0.39 is 0 Å². The zero-order valence-corrected chi connectivity index (χ0v) is 15.8. The molecule has 2 unspecified atom stereocenters. The number of hydrogen-bond acceptors (Lipinski definition) is 3. The topological polar surface area (TPSA) is 46.5 Å². The van der Waals surface area contributed by atoms with Crippen molar-refractivity contribution >= 4 is 5.97 Å². The molecule has 4 rings (SSSR count). The van der Waals surface area contributed by atoms with Crippen LogP contribution in [0.1, 0.15) is 72.1 Å². The molecule has 2 bridgehead atoms. The molecular weight excluding hydrogens is 300 g/mol. The van der Waals surface area contributed by atoms with Crippen LogP contribution >= 0.6 is 0 Å². The number of rotatable bonds is 1. The van der Waals surface area contributed by atoms with E-state index in [4.69, 9.17) is 4.74 Å². The van der Waals surface area contributed by atoms with Gasteiger partial charge >= 0.3 is 5.97 Å². The molecule has 136 valence electrons. The number of fused-ring (bicyclic) bond motifs is 3. The second kappa shape index (κ2) is 5.22. The Balaban J connectivity index is 1.74. The van der Waals surface area contributed by atoms with Crippen molar-refractivity contribution in [1.82, 2.24) is 0 Å². The molecule has 0 heterocycles. The molecule has 4 saturated carbocycles. The van der Waals surface area contributed by atoms with Crippen LogP contribution in [0.2, 0.25) is 0 Å². The Morgan fingerprint density at radius 1 is 1.08 bits per heavy atom. The van der Waals surface area contributed by atoms with E-state index in [-0.39, 0.29) is 28.3 Å². The fraction of sp³-hybridized carbons (Fsp3) is 0.952. The normalized spacial score (nSPS) is 56.3. The van der Waals surface area contributed by atoms with Crippen molar-refractivity contribution in [2.45, 2.75) is 78.2 Å². The predicted octanol–water partition coefficient (Wildman–Crippen LogP) is 4.18. The first-order chi connectivity index (χ1) is 11.3. The number of esters is 1. The highest BCUT2D eigenvalue weighted by Crippen LogP contribution is 2.72. The lowest BCUT2D eigenvalue weighted by molar-refractivity contribution is -0.193. The smallest absolute Gasteiger partial charge is 0.311 e. The van der Waals surface area contributed by atoms with Crippen LogP contribution in [0, 0.1) is 39.9 Å². The number of aliphatic hydroxyl groups excluding tert-OH is 1. The monoisotopic (exact) mass is 334 g/mol. The summed E-state index contributed by atoms with van der Waals surface area (Å²) in [5, 5.41) is 11.2. The molecule has 0 aromatic carbocycles. The Morgan fingerprint density at radius 2 is 1.83 bits per heavy atom. The second-order valence-electron chi connectivity index (χ2n) is 9.99. The van der Waals surface area contributed by atoms with Crippen LogP contribution in [0.4, 0.5) is 0 Å².